The number of ether oxygens (including phenoxy) is 1. The second-order valence-electron chi connectivity index (χ2n) is 7.31. The molecule has 0 bridgehead atoms. The average Bonchev–Trinajstić information content (AvgIpc) is 3.19. The van der Waals surface area contributed by atoms with Crippen LogP contribution in [0.2, 0.25) is 0 Å². The third-order valence-corrected chi connectivity index (χ3v) is 5.82. The number of piperidine rings is 1. The molecule has 1 aromatic carbocycles. The molecule has 0 radical (unpaired) electrons. The Kier molecular flexibility index (Phi) is 7.01. The van der Waals surface area contributed by atoms with Gasteiger partial charge in [0.2, 0.25) is 0 Å². The first-order chi connectivity index (χ1) is 13.1. The van der Waals surface area contributed by atoms with E-state index in [4.69, 9.17) is 9.26 Å². The van der Waals surface area contributed by atoms with E-state index in [0.29, 0.717) is 24.6 Å². The van der Waals surface area contributed by atoms with E-state index in [1.54, 1.807) is 11.8 Å². The SMILES string of the molecule is CSc1ccc(OCCN(C)C2CCN(c3nc(C(C)C)no3)CC2)cc1. The van der Waals surface area contributed by atoms with E-state index >= 15 is 0 Å². The molecular weight excluding hydrogens is 360 g/mol. The summed E-state index contributed by atoms with van der Waals surface area (Å²) < 4.78 is 11.3. The Morgan fingerprint density at radius 1 is 1.26 bits per heavy atom. The largest absolute Gasteiger partial charge is 0.492 e. The molecule has 0 amide bonds. The van der Waals surface area contributed by atoms with Crippen molar-refractivity contribution in [3.63, 3.8) is 0 Å². The summed E-state index contributed by atoms with van der Waals surface area (Å²) in [5, 5.41) is 4.07. The van der Waals surface area contributed by atoms with Crippen molar-refractivity contribution < 1.29 is 9.26 Å². The van der Waals surface area contributed by atoms with Crippen LogP contribution in [0.25, 0.3) is 0 Å². The summed E-state index contributed by atoms with van der Waals surface area (Å²) in [4.78, 5) is 10.4. The van der Waals surface area contributed by atoms with E-state index in [1.165, 1.54) is 4.90 Å². The van der Waals surface area contributed by atoms with Crippen molar-refractivity contribution in [1.82, 2.24) is 15.0 Å². The quantitative estimate of drug-likeness (QED) is 0.634. The Bertz CT molecular complexity index is 696. The molecule has 0 aliphatic carbocycles. The highest BCUT2D eigenvalue weighted by molar-refractivity contribution is 7.98. The summed E-state index contributed by atoms with van der Waals surface area (Å²) in [6.07, 6.45) is 4.27. The lowest BCUT2D eigenvalue weighted by atomic mass is 10.0. The van der Waals surface area contributed by atoms with E-state index in [2.05, 4.69) is 59.2 Å². The van der Waals surface area contributed by atoms with Gasteiger partial charge in [-0.15, -0.1) is 11.8 Å². The highest BCUT2D eigenvalue weighted by atomic mass is 32.2. The number of hydrogen-bond donors (Lipinski definition) is 0. The van der Waals surface area contributed by atoms with Crippen molar-refractivity contribution in [2.75, 3.05) is 44.4 Å². The van der Waals surface area contributed by atoms with E-state index in [-0.39, 0.29) is 0 Å². The molecule has 7 heteroatoms. The number of thioether (sulfide) groups is 1. The third-order valence-electron chi connectivity index (χ3n) is 5.08. The molecule has 6 nitrogen and oxygen atoms in total. The molecule has 3 rings (SSSR count). The number of rotatable bonds is 8. The Labute approximate surface area is 166 Å². The van der Waals surface area contributed by atoms with Crippen molar-refractivity contribution >= 4 is 17.8 Å². The molecule has 2 heterocycles. The van der Waals surface area contributed by atoms with Crippen molar-refractivity contribution in [2.45, 2.75) is 43.5 Å². The summed E-state index contributed by atoms with van der Waals surface area (Å²) in [5.74, 6) is 2.02. The highest BCUT2D eigenvalue weighted by Crippen LogP contribution is 2.23. The zero-order valence-corrected chi connectivity index (χ0v) is 17.5. The van der Waals surface area contributed by atoms with Gasteiger partial charge < -0.3 is 14.2 Å². The summed E-state index contributed by atoms with van der Waals surface area (Å²) in [6.45, 7) is 7.69. The summed E-state index contributed by atoms with van der Waals surface area (Å²) >= 11 is 1.74. The Balaban J connectivity index is 1.40. The maximum absolute atomic E-state index is 5.89. The minimum absolute atomic E-state index is 0.295. The molecule has 1 aliphatic heterocycles. The number of hydrogen-bond acceptors (Lipinski definition) is 7. The topological polar surface area (TPSA) is 54.6 Å². The van der Waals surface area contributed by atoms with Gasteiger partial charge in [-0.1, -0.05) is 19.0 Å². The number of aromatic nitrogens is 2. The maximum atomic E-state index is 5.89. The molecule has 0 saturated carbocycles. The van der Waals surface area contributed by atoms with Gasteiger partial charge in [-0.2, -0.15) is 4.98 Å². The van der Waals surface area contributed by atoms with E-state index < -0.39 is 0 Å². The molecule has 1 aliphatic rings. The summed E-state index contributed by atoms with van der Waals surface area (Å²) in [7, 11) is 2.18. The number of anilines is 1. The van der Waals surface area contributed by atoms with Gasteiger partial charge in [-0.05, 0) is 50.4 Å². The van der Waals surface area contributed by atoms with E-state index in [9.17, 15) is 0 Å². The zero-order valence-electron chi connectivity index (χ0n) is 16.7. The fourth-order valence-electron chi connectivity index (χ4n) is 3.25. The summed E-state index contributed by atoms with van der Waals surface area (Å²) in [6, 6.07) is 9.51. The molecule has 0 N–H and O–H groups in total. The Hall–Kier alpha value is -1.73. The van der Waals surface area contributed by atoms with Crippen LogP contribution in [-0.4, -0.2) is 60.6 Å². The van der Waals surface area contributed by atoms with Gasteiger partial charge in [-0.25, -0.2) is 0 Å². The van der Waals surface area contributed by atoms with Crippen LogP contribution in [0.5, 0.6) is 5.75 Å². The normalized spacial score (nSPS) is 15.7. The van der Waals surface area contributed by atoms with Crippen LogP contribution in [0.4, 0.5) is 6.01 Å². The van der Waals surface area contributed by atoms with E-state index in [0.717, 1.165) is 44.0 Å². The minimum Gasteiger partial charge on any atom is -0.492 e. The first kappa shape index (κ1) is 20.0. The zero-order chi connectivity index (χ0) is 19.2. The van der Waals surface area contributed by atoms with Crippen LogP contribution in [0, 0.1) is 0 Å². The highest BCUT2D eigenvalue weighted by Gasteiger charge is 2.25. The molecular formula is C20H30N4O2S. The van der Waals surface area contributed by atoms with Crippen molar-refractivity contribution in [2.24, 2.45) is 0 Å². The predicted molar refractivity (Wildman–Crippen MR) is 110 cm³/mol. The lowest BCUT2D eigenvalue weighted by molar-refractivity contribution is 0.169. The summed E-state index contributed by atoms with van der Waals surface area (Å²) in [5.41, 5.74) is 0. The Morgan fingerprint density at radius 3 is 2.56 bits per heavy atom. The van der Waals surface area contributed by atoms with Crippen LogP contribution < -0.4 is 9.64 Å². The number of benzene rings is 1. The fourth-order valence-corrected chi connectivity index (χ4v) is 3.66. The first-order valence-corrected chi connectivity index (χ1v) is 10.8. The van der Waals surface area contributed by atoms with Gasteiger partial charge in [0.1, 0.15) is 12.4 Å². The van der Waals surface area contributed by atoms with Crippen molar-refractivity contribution in [3.8, 4) is 5.75 Å². The predicted octanol–water partition coefficient (Wildman–Crippen LogP) is 3.89. The van der Waals surface area contributed by atoms with Gasteiger partial charge >= 0.3 is 6.01 Å². The van der Waals surface area contributed by atoms with Crippen LogP contribution >= 0.6 is 11.8 Å². The molecule has 0 spiro atoms. The molecule has 148 valence electrons. The average molecular weight is 391 g/mol. The number of likely N-dealkylation sites (N-methyl/N-ethyl adjacent to an activating group) is 1. The van der Waals surface area contributed by atoms with Crippen molar-refractivity contribution in [1.29, 1.82) is 0 Å². The molecule has 2 aromatic rings. The third kappa shape index (κ3) is 5.39. The van der Waals surface area contributed by atoms with Crippen LogP contribution in [0.15, 0.2) is 33.7 Å². The standard InChI is InChI=1S/C20H30N4O2S/c1-15(2)19-21-20(26-22-19)24-11-9-16(10-12-24)23(3)13-14-25-17-5-7-18(27-4)8-6-17/h5-8,15-16H,9-14H2,1-4H3. The van der Waals surface area contributed by atoms with E-state index in [1.807, 2.05) is 12.1 Å². The number of nitrogens with zero attached hydrogens (tertiary/aromatic N) is 4. The molecule has 0 atom stereocenters. The van der Waals surface area contributed by atoms with Crippen LogP contribution in [0.3, 0.4) is 0 Å². The van der Waals surface area contributed by atoms with Crippen molar-refractivity contribution in [3.05, 3.63) is 30.1 Å². The first-order valence-electron chi connectivity index (χ1n) is 9.62. The second kappa shape index (κ2) is 9.46. The Morgan fingerprint density at radius 2 is 1.96 bits per heavy atom. The van der Waals surface area contributed by atoms with Crippen LogP contribution in [-0.2, 0) is 0 Å². The minimum atomic E-state index is 0.295. The lowest BCUT2D eigenvalue weighted by Crippen LogP contribution is -2.44. The van der Waals surface area contributed by atoms with Gasteiger partial charge in [0.05, 0.1) is 0 Å². The fraction of sp³-hybridized carbons (Fsp3) is 0.600. The second-order valence-corrected chi connectivity index (χ2v) is 8.19. The molecule has 1 fully saturated rings. The smallest absolute Gasteiger partial charge is 0.324 e. The molecule has 1 aromatic heterocycles. The van der Waals surface area contributed by atoms with Gasteiger partial charge in [-0.3, -0.25) is 4.90 Å². The van der Waals surface area contributed by atoms with Gasteiger partial charge in [0, 0.05) is 36.5 Å². The molecule has 0 unspecified atom stereocenters. The molecule has 1 saturated heterocycles. The maximum Gasteiger partial charge on any atom is 0.324 e. The monoisotopic (exact) mass is 390 g/mol. The van der Waals surface area contributed by atoms with Gasteiger partial charge in [0.15, 0.2) is 5.82 Å². The van der Waals surface area contributed by atoms with Gasteiger partial charge in [0.25, 0.3) is 0 Å². The molecule has 27 heavy (non-hydrogen) atoms. The lowest BCUT2D eigenvalue weighted by Gasteiger charge is -2.35. The van der Waals surface area contributed by atoms with Crippen LogP contribution in [0.1, 0.15) is 38.4 Å².